The topological polar surface area (TPSA) is 66.8 Å². The third-order valence-electron chi connectivity index (χ3n) is 3.81. The minimum absolute atomic E-state index is 0.0434. The van der Waals surface area contributed by atoms with E-state index in [0.717, 1.165) is 11.1 Å². The second-order valence-corrected chi connectivity index (χ2v) is 7.65. The van der Waals surface area contributed by atoms with Crippen LogP contribution >= 0.6 is 7.37 Å². The first kappa shape index (κ1) is 16.2. The lowest BCUT2D eigenvalue weighted by molar-refractivity contribution is 0.406. The Balaban J connectivity index is 2.31. The maximum Gasteiger partial charge on any atom is 0.310 e. The molecule has 1 heterocycles. The molecule has 0 saturated carbocycles. The zero-order valence-corrected chi connectivity index (χ0v) is 14.0. The summed E-state index contributed by atoms with van der Waals surface area (Å²) in [7, 11) is -3.62. The van der Waals surface area contributed by atoms with Crippen molar-refractivity contribution in [3.05, 3.63) is 84.1 Å². The van der Waals surface area contributed by atoms with Crippen LogP contribution in [0.25, 0.3) is 11.1 Å². The van der Waals surface area contributed by atoms with Gasteiger partial charge in [0.05, 0.1) is 10.6 Å². The van der Waals surface area contributed by atoms with Crippen molar-refractivity contribution in [3.63, 3.8) is 0 Å². The molecule has 2 aromatic rings. The Labute approximate surface area is 140 Å². The predicted octanol–water partition coefficient (Wildman–Crippen LogP) is 5.07. The van der Waals surface area contributed by atoms with Gasteiger partial charge in [0.2, 0.25) is 0 Å². The molecule has 2 N–H and O–H groups in total. The molecule has 1 atom stereocenters. The summed E-state index contributed by atoms with van der Waals surface area (Å²) in [5, 5.41) is 20.4. The highest BCUT2D eigenvalue weighted by molar-refractivity contribution is 7.72. The molecule has 0 aliphatic carbocycles. The smallest absolute Gasteiger partial charge is 0.310 e. The molecule has 24 heavy (non-hydrogen) atoms. The molecule has 4 nitrogen and oxygen atoms in total. The largest absolute Gasteiger partial charge is 0.512 e. The normalized spacial score (nSPS) is 20.3. The van der Waals surface area contributed by atoms with Crippen molar-refractivity contribution in [2.75, 3.05) is 0 Å². The van der Waals surface area contributed by atoms with Crippen LogP contribution in [0.5, 0.6) is 5.75 Å². The van der Waals surface area contributed by atoms with Crippen LogP contribution < -0.4 is 9.83 Å². The fraction of sp³-hybridized carbons (Fsp3) is 0.0526. The van der Waals surface area contributed by atoms with E-state index in [9.17, 15) is 14.8 Å². The third kappa shape index (κ3) is 2.55. The zero-order valence-electron chi connectivity index (χ0n) is 13.1. The van der Waals surface area contributed by atoms with Gasteiger partial charge in [-0.2, -0.15) is 0 Å². The molecule has 0 amide bonds. The van der Waals surface area contributed by atoms with Gasteiger partial charge in [0.15, 0.2) is 0 Å². The molecule has 1 unspecified atom stereocenters. The van der Waals surface area contributed by atoms with Gasteiger partial charge in [-0.25, -0.2) is 0 Å². The first-order chi connectivity index (χ1) is 11.5. The first-order valence-corrected chi connectivity index (χ1v) is 9.02. The monoisotopic (exact) mass is 340 g/mol. The fourth-order valence-corrected chi connectivity index (χ4v) is 5.11. The van der Waals surface area contributed by atoms with Crippen LogP contribution in [0, 0.1) is 0 Å². The summed E-state index contributed by atoms with van der Waals surface area (Å²) in [4.78, 5) is 0. The first-order valence-electron chi connectivity index (χ1n) is 7.39. The number of aliphatic hydroxyl groups is 2. The van der Waals surface area contributed by atoms with Crippen molar-refractivity contribution in [3.8, 4) is 16.9 Å². The van der Waals surface area contributed by atoms with E-state index in [1.54, 1.807) is 24.3 Å². The molecule has 0 saturated heterocycles. The second kappa shape index (κ2) is 6.06. The van der Waals surface area contributed by atoms with Gasteiger partial charge in [-0.05, 0) is 36.8 Å². The molecule has 0 aromatic heterocycles. The van der Waals surface area contributed by atoms with Gasteiger partial charge in [0, 0.05) is 5.56 Å². The van der Waals surface area contributed by atoms with Crippen LogP contribution in [0.1, 0.15) is 6.92 Å². The molecule has 122 valence electrons. The van der Waals surface area contributed by atoms with Crippen LogP contribution in [0.3, 0.4) is 0 Å². The van der Waals surface area contributed by atoms with E-state index in [4.69, 9.17) is 4.52 Å². The molecule has 5 heteroatoms. The Kier molecular flexibility index (Phi) is 4.08. The highest BCUT2D eigenvalue weighted by Gasteiger charge is 2.40. The summed E-state index contributed by atoms with van der Waals surface area (Å²) in [5.74, 6) is 0.0965. The maximum absolute atomic E-state index is 13.8. The number of benzene rings is 2. The summed E-state index contributed by atoms with van der Waals surface area (Å²) < 4.78 is 19.6. The van der Waals surface area contributed by atoms with Crippen molar-refractivity contribution in [2.24, 2.45) is 0 Å². The summed E-state index contributed by atoms with van der Waals surface area (Å²) >= 11 is 0. The van der Waals surface area contributed by atoms with Crippen molar-refractivity contribution in [2.45, 2.75) is 6.92 Å². The third-order valence-corrected chi connectivity index (χ3v) is 6.37. The number of hydrogen-bond acceptors (Lipinski definition) is 4. The number of rotatable bonds is 3. The van der Waals surface area contributed by atoms with Gasteiger partial charge in [-0.3, -0.25) is 4.57 Å². The lowest BCUT2D eigenvalue weighted by atomic mass is 10.0. The molecule has 3 rings (SSSR count). The van der Waals surface area contributed by atoms with E-state index in [1.807, 2.05) is 24.3 Å². The Morgan fingerprint density at radius 3 is 2.38 bits per heavy atom. The quantitative estimate of drug-likeness (QED) is 0.465. The molecule has 1 aliphatic heterocycles. The SMILES string of the molecule is C=C/C(O)=C\C(=C(/C)O)P1(=O)Oc2ccccc2-c2ccccc21. The molecule has 2 aromatic carbocycles. The average Bonchev–Trinajstić information content (AvgIpc) is 2.59. The summed E-state index contributed by atoms with van der Waals surface area (Å²) in [6, 6.07) is 14.5. The van der Waals surface area contributed by atoms with Gasteiger partial charge < -0.3 is 14.7 Å². The van der Waals surface area contributed by atoms with Crippen molar-refractivity contribution in [1.29, 1.82) is 0 Å². The van der Waals surface area contributed by atoms with E-state index >= 15 is 0 Å². The van der Waals surface area contributed by atoms with Gasteiger partial charge in [-0.1, -0.05) is 43.0 Å². The van der Waals surface area contributed by atoms with Crippen molar-refractivity contribution < 1.29 is 19.3 Å². The van der Waals surface area contributed by atoms with E-state index in [-0.39, 0.29) is 16.8 Å². The fourth-order valence-electron chi connectivity index (χ4n) is 2.69. The van der Waals surface area contributed by atoms with E-state index in [2.05, 4.69) is 6.58 Å². The van der Waals surface area contributed by atoms with Crippen molar-refractivity contribution >= 4 is 12.7 Å². The summed E-state index contributed by atoms with van der Waals surface area (Å²) in [6.07, 6.45) is 2.44. The molecule has 0 spiro atoms. The van der Waals surface area contributed by atoms with Gasteiger partial charge >= 0.3 is 7.37 Å². The molecule has 0 radical (unpaired) electrons. The number of aliphatic hydroxyl groups excluding tert-OH is 2. The number of para-hydroxylation sites is 1. The number of fused-ring (bicyclic) bond motifs is 3. The van der Waals surface area contributed by atoms with Crippen LogP contribution in [0.15, 0.2) is 84.1 Å². The average molecular weight is 340 g/mol. The van der Waals surface area contributed by atoms with Crippen LogP contribution in [-0.4, -0.2) is 10.2 Å². The lowest BCUT2D eigenvalue weighted by Gasteiger charge is -2.29. The van der Waals surface area contributed by atoms with Crippen LogP contribution in [0.2, 0.25) is 0 Å². The van der Waals surface area contributed by atoms with Crippen LogP contribution in [-0.2, 0) is 4.57 Å². The Hall–Kier alpha value is -2.71. The van der Waals surface area contributed by atoms with Gasteiger partial charge in [0.1, 0.15) is 17.3 Å². The number of allylic oxidation sites excluding steroid dienone is 4. The molecule has 0 bridgehead atoms. The molecule has 1 aliphatic rings. The van der Waals surface area contributed by atoms with E-state index in [1.165, 1.54) is 19.1 Å². The second-order valence-electron chi connectivity index (χ2n) is 5.40. The van der Waals surface area contributed by atoms with Crippen LogP contribution in [0.4, 0.5) is 0 Å². The predicted molar refractivity (Wildman–Crippen MR) is 96.0 cm³/mol. The minimum Gasteiger partial charge on any atom is -0.512 e. The minimum atomic E-state index is -3.62. The zero-order chi connectivity index (χ0) is 17.3. The summed E-state index contributed by atoms with van der Waals surface area (Å²) in [6.45, 7) is 4.88. The van der Waals surface area contributed by atoms with E-state index < -0.39 is 7.37 Å². The Morgan fingerprint density at radius 2 is 1.71 bits per heavy atom. The summed E-state index contributed by atoms with van der Waals surface area (Å²) in [5.41, 5.74) is 1.62. The maximum atomic E-state index is 13.8. The van der Waals surface area contributed by atoms with Gasteiger partial charge in [-0.15, -0.1) is 0 Å². The highest BCUT2D eigenvalue weighted by Crippen LogP contribution is 2.60. The molecular weight excluding hydrogens is 323 g/mol. The highest BCUT2D eigenvalue weighted by atomic mass is 31.2. The number of hydrogen-bond donors (Lipinski definition) is 2. The van der Waals surface area contributed by atoms with E-state index in [0.29, 0.717) is 11.1 Å². The molecular formula is C19H17O4P. The van der Waals surface area contributed by atoms with Crippen molar-refractivity contribution in [1.82, 2.24) is 0 Å². The standard InChI is InChI=1S/C19H17O4P/c1-3-14(21)12-19(13(2)20)24(22)18-11-7-5-9-16(18)15-8-4-6-10-17(15)23-24/h3-12,20-21H,1H2,2H3/b14-12+,19-13-. The Morgan fingerprint density at radius 1 is 1.08 bits per heavy atom. The molecule has 0 fully saturated rings. The van der Waals surface area contributed by atoms with Gasteiger partial charge in [0.25, 0.3) is 0 Å². The lowest BCUT2D eigenvalue weighted by Crippen LogP contribution is -2.19. The Bertz CT molecular complexity index is 920.